The summed E-state index contributed by atoms with van der Waals surface area (Å²) in [6, 6.07) is 69.8. The molecule has 0 aliphatic rings. The summed E-state index contributed by atoms with van der Waals surface area (Å²) in [5.74, 6) is 0.789. The van der Waals surface area contributed by atoms with Gasteiger partial charge in [0.2, 0.25) is 5.96 Å². The van der Waals surface area contributed by atoms with Crippen molar-refractivity contribution in [3.63, 3.8) is 0 Å². The van der Waals surface area contributed by atoms with Gasteiger partial charge in [-0.1, -0.05) is 146 Å². The van der Waals surface area contributed by atoms with Crippen LogP contribution in [0.15, 0.2) is 199 Å². The molecule has 0 amide bonds. The summed E-state index contributed by atoms with van der Waals surface area (Å²) in [5, 5.41) is 8.64. The van der Waals surface area contributed by atoms with E-state index in [1.165, 1.54) is 77.1 Å². The molecule has 0 unspecified atom stereocenters. The molecular weight excluding hydrogens is 669 g/mol. The van der Waals surface area contributed by atoms with Crippen molar-refractivity contribution in [3.05, 3.63) is 194 Å². The minimum atomic E-state index is 0.535. The van der Waals surface area contributed by atoms with Gasteiger partial charge in [-0.3, -0.25) is 9.56 Å². The molecule has 0 aliphatic heterocycles. The SMILES string of the molecule is CN=C(NCn1c2ccc(-c3ccccc3)cc2c2cc(-c3ccccc3)ccc21)n1c2ccc(-c3ccccc3)cc2c2cc(-c3ccccc3)ccc21. The van der Waals surface area contributed by atoms with Crippen LogP contribution in [0.1, 0.15) is 0 Å². The first kappa shape index (κ1) is 32.5. The molecule has 0 atom stereocenters. The van der Waals surface area contributed by atoms with Crippen LogP contribution in [-0.4, -0.2) is 22.1 Å². The third kappa shape index (κ3) is 5.76. The van der Waals surface area contributed by atoms with Gasteiger partial charge < -0.3 is 9.88 Å². The fourth-order valence-electron chi connectivity index (χ4n) is 8.17. The zero-order chi connectivity index (χ0) is 36.7. The topological polar surface area (TPSA) is 34.2 Å². The highest BCUT2D eigenvalue weighted by Gasteiger charge is 2.18. The second-order valence-corrected chi connectivity index (χ2v) is 14.0. The Balaban J connectivity index is 1.10. The van der Waals surface area contributed by atoms with Gasteiger partial charge >= 0.3 is 0 Å². The second-order valence-electron chi connectivity index (χ2n) is 14.0. The Morgan fingerprint density at radius 2 is 0.691 bits per heavy atom. The molecule has 262 valence electrons. The monoisotopic (exact) mass is 706 g/mol. The molecule has 0 saturated heterocycles. The molecule has 8 aromatic carbocycles. The van der Waals surface area contributed by atoms with Crippen LogP contribution in [-0.2, 0) is 6.67 Å². The number of aliphatic imine (C=N–C) groups is 1. The van der Waals surface area contributed by atoms with Gasteiger partial charge in [-0.15, -0.1) is 0 Å². The van der Waals surface area contributed by atoms with E-state index in [0.29, 0.717) is 6.67 Å². The van der Waals surface area contributed by atoms with Crippen molar-refractivity contribution >= 4 is 49.6 Å². The van der Waals surface area contributed by atoms with E-state index >= 15 is 0 Å². The van der Waals surface area contributed by atoms with Gasteiger partial charge in [0.15, 0.2) is 0 Å². The molecule has 2 heterocycles. The van der Waals surface area contributed by atoms with Gasteiger partial charge in [0.05, 0.1) is 28.7 Å². The molecule has 0 fully saturated rings. The van der Waals surface area contributed by atoms with Gasteiger partial charge in [-0.2, -0.15) is 0 Å². The minimum absolute atomic E-state index is 0.535. The number of hydrogen-bond donors (Lipinski definition) is 1. The lowest BCUT2D eigenvalue weighted by molar-refractivity contribution is 0.697. The van der Waals surface area contributed by atoms with Crippen molar-refractivity contribution in [2.75, 3.05) is 7.05 Å². The lowest BCUT2D eigenvalue weighted by Gasteiger charge is -2.16. The molecule has 0 bridgehead atoms. The van der Waals surface area contributed by atoms with E-state index in [1.807, 2.05) is 7.05 Å². The minimum Gasteiger partial charge on any atom is -0.338 e. The molecule has 0 radical (unpaired) electrons. The maximum Gasteiger partial charge on any atom is 0.204 e. The van der Waals surface area contributed by atoms with E-state index < -0.39 is 0 Å². The van der Waals surface area contributed by atoms with Crippen LogP contribution >= 0.6 is 0 Å². The van der Waals surface area contributed by atoms with Crippen LogP contribution < -0.4 is 5.32 Å². The third-order valence-corrected chi connectivity index (χ3v) is 10.9. The fraction of sp³-hybridized carbons (Fsp3) is 0.0392. The molecule has 0 aliphatic carbocycles. The first-order valence-corrected chi connectivity index (χ1v) is 18.8. The number of aromatic nitrogens is 2. The zero-order valence-corrected chi connectivity index (χ0v) is 30.5. The maximum absolute atomic E-state index is 4.91. The average molecular weight is 707 g/mol. The summed E-state index contributed by atoms with van der Waals surface area (Å²) in [7, 11) is 1.88. The standard InChI is InChI=1S/C51H38N4/c1-52-51(55-49-28-24-41(37-18-10-4-11-19-37)32-45(49)46-33-42(25-29-50(46)55)38-20-12-5-13-21-38)53-34-54-47-26-22-39(35-14-6-2-7-15-35)30-43(47)44-31-40(23-27-48(44)54)36-16-8-3-9-17-36/h2-33H,34H2,1H3,(H,52,53). The van der Waals surface area contributed by atoms with Crippen molar-refractivity contribution < 1.29 is 0 Å². The number of nitrogens with one attached hydrogen (secondary N) is 1. The molecule has 10 rings (SSSR count). The number of benzene rings is 8. The molecule has 10 aromatic rings. The normalized spacial score (nSPS) is 11.9. The van der Waals surface area contributed by atoms with Crippen molar-refractivity contribution in [1.29, 1.82) is 0 Å². The first-order valence-electron chi connectivity index (χ1n) is 18.8. The number of rotatable bonds is 6. The molecule has 4 nitrogen and oxygen atoms in total. The Bertz CT molecular complexity index is 2820. The summed E-state index contributed by atoms with van der Waals surface area (Å²) in [5.41, 5.74) is 14.2. The highest BCUT2D eigenvalue weighted by molar-refractivity contribution is 6.16. The van der Waals surface area contributed by atoms with E-state index in [0.717, 1.165) is 17.0 Å². The average Bonchev–Trinajstić information content (AvgIpc) is 3.76. The van der Waals surface area contributed by atoms with Crippen LogP contribution in [0.4, 0.5) is 0 Å². The Labute approximate surface area is 320 Å². The van der Waals surface area contributed by atoms with E-state index in [9.17, 15) is 0 Å². The molecule has 55 heavy (non-hydrogen) atoms. The lowest BCUT2D eigenvalue weighted by atomic mass is 10.0. The molecular formula is C51H38N4. The van der Waals surface area contributed by atoms with Gasteiger partial charge in [-0.25, -0.2) is 0 Å². The van der Waals surface area contributed by atoms with Crippen LogP contribution in [0.25, 0.3) is 88.1 Å². The Morgan fingerprint density at radius 1 is 0.382 bits per heavy atom. The Hall–Kier alpha value is -7.17. The van der Waals surface area contributed by atoms with Crippen molar-refractivity contribution in [3.8, 4) is 44.5 Å². The Morgan fingerprint density at radius 3 is 1.02 bits per heavy atom. The molecule has 1 N–H and O–H groups in total. The van der Waals surface area contributed by atoms with E-state index in [2.05, 4.69) is 209 Å². The van der Waals surface area contributed by atoms with Crippen molar-refractivity contribution in [2.24, 2.45) is 4.99 Å². The summed E-state index contributed by atoms with van der Waals surface area (Å²) in [6.07, 6.45) is 0. The van der Waals surface area contributed by atoms with Gasteiger partial charge in [0.1, 0.15) is 0 Å². The number of nitrogens with zero attached hydrogens (tertiary/aromatic N) is 3. The Kier molecular flexibility index (Phi) is 8.07. The number of hydrogen-bond acceptors (Lipinski definition) is 1. The van der Waals surface area contributed by atoms with Crippen molar-refractivity contribution in [2.45, 2.75) is 6.67 Å². The van der Waals surface area contributed by atoms with Crippen molar-refractivity contribution in [1.82, 2.24) is 14.5 Å². The van der Waals surface area contributed by atoms with Gasteiger partial charge in [-0.05, 0) is 93.0 Å². The first-order chi connectivity index (χ1) is 27.2. The predicted octanol–water partition coefficient (Wildman–Crippen LogP) is 12.7. The van der Waals surface area contributed by atoms with E-state index in [-0.39, 0.29) is 0 Å². The van der Waals surface area contributed by atoms with Crippen LogP contribution in [0.3, 0.4) is 0 Å². The quantitative estimate of drug-likeness (QED) is 0.136. The summed E-state index contributed by atoms with van der Waals surface area (Å²) >= 11 is 0. The maximum atomic E-state index is 4.91. The second kappa shape index (κ2) is 13.7. The van der Waals surface area contributed by atoms with E-state index in [4.69, 9.17) is 4.99 Å². The predicted molar refractivity (Wildman–Crippen MR) is 233 cm³/mol. The molecule has 0 spiro atoms. The van der Waals surface area contributed by atoms with E-state index in [1.54, 1.807) is 0 Å². The van der Waals surface area contributed by atoms with Crippen LogP contribution in [0.2, 0.25) is 0 Å². The largest absolute Gasteiger partial charge is 0.338 e. The highest BCUT2D eigenvalue weighted by atomic mass is 15.3. The smallest absolute Gasteiger partial charge is 0.204 e. The van der Waals surface area contributed by atoms with Crippen LogP contribution in [0, 0.1) is 0 Å². The third-order valence-electron chi connectivity index (χ3n) is 10.9. The fourth-order valence-corrected chi connectivity index (χ4v) is 8.17. The summed E-state index contributed by atoms with van der Waals surface area (Å²) in [4.78, 5) is 4.91. The lowest BCUT2D eigenvalue weighted by Crippen LogP contribution is -2.32. The molecule has 0 saturated carbocycles. The number of fused-ring (bicyclic) bond motifs is 6. The highest BCUT2D eigenvalue weighted by Crippen LogP contribution is 2.37. The van der Waals surface area contributed by atoms with Gasteiger partial charge in [0.25, 0.3) is 0 Å². The summed E-state index contributed by atoms with van der Waals surface area (Å²) in [6.45, 7) is 0.535. The van der Waals surface area contributed by atoms with Gasteiger partial charge in [0, 0.05) is 28.6 Å². The van der Waals surface area contributed by atoms with Crippen LogP contribution in [0.5, 0.6) is 0 Å². The molecule has 4 heteroatoms. The molecule has 2 aromatic heterocycles. The summed E-state index contributed by atoms with van der Waals surface area (Å²) < 4.78 is 4.66. The zero-order valence-electron chi connectivity index (χ0n) is 30.5.